The van der Waals surface area contributed by atoms with Crippen LogP contribution in [-0.2, 0) is 6.42 Å². The molecule has 74 valence electrons. The Labute approximate surface area is 106 Å². The number of hydrogen-bond acceptors (Lipinski definition) is 2. The zero-order valence-electron chi connectivity index (χ0n) is 7.06. The maximum atomic E-state index is 5.25. The van der Waals surface area contributed by atoms with E-state index in [1.54, 1.807) is 0 Å². The molecule has 0 saturated heterocycles. The molecule has 0 fully saturated rings. The number of rotatable bonds is 2. The number of aromatic nitrogens is 1. The first-order valence-corrected chi connectivity index (χ1v) is 6.72. The van der Waals surface area contributed by atoms with Crippen LogP contribution in [0, 0.1) is 0 Å². The van der Waals surface area contributed by atoms with Gasteiger partial charge < -0.3 is 4.52 Å². The summed E-state index contributed by atoms with van der Waals surface area (Å²) in [5.41, 5.74) is 1.79. The molecule has 0 spiro atoms. The van der Waals surface area contributed by atoms with E-state index in [4.69, 9.17) is 4.52 Å². The van der Waals surface area contributed by atoms with Crippen LogP contribution in [-0.4, -0.2) is 10.5 Å². The molecule has 0 bridgehead atoms. The first kappa shape index (κ1) is 10.6. The van der Waals surface area contributed by atoms with E-state index in [9.17, 15) is 0 Å². The quantitative estimate of drug-likeness (QED) is 0.723. The predicted molar refractivity (Wildman–Crippen MR) is 66.9 cm³/mol. The fourth-order valence-corrected chi connectivity index (χ4v) is 2.96. The highest BCUT2D eigenvalue weighted by Gasteiger charge is 2.11. The van der Waals surface area contributed by atoms with Gasteiger partial charge in [0.05, 0.1) is 10.2 Å². The molecule has 5 heteroatoms. The molecule has 0 aliphatic heterocycles. The van der Waals surface area contributed by atoms with Gasteiger partial charge in [0.25, 0.3) is 0 Å². The normalized spacial score (nSPS) is 11.1. The summed E-state index contributed by atoms with van der Waals surface area (Å²) >= 11 is 10.3. The molecule has 0 N–H and O–H groups in total. The van der Waals surface area contributed by atoms with Crippen LogP contribution in [0.5, 0.6) is 0 Å². The fraction of sp³-hybridized carbons (Fsp3) is 0.222. The van der Waals surface area contributed by atoms with Crippen molar-refractivity contribution in [3.63, 3.8) is 0 Å². The second-order valence-electron chi connectivity index (χ2n) is 2.83. The highest BCUT2D eigenvalue weighted by atomic mass is 79.9. The van der Waals surface area contributed by atoms with Crippen molar-refractivity contribution >= 4 is 58.8 Å². The first-order valence-electron chi connectivity index (χ1n) is 4.01. The fourth-order valence-electron chi connectivity index (χ4n) is 1.29. The largest absolute Gasteiger partial charge is 0.355 e. The number of aryl methyl sites for hydroxylation is 1. The SMILES string of the molecule is BrCCc1noc2c(Br)cc(Br)cc12. The van der Waals surface area contributed by atoms with Gasteiger partial charge in [0.15, 0.2) is 5.58 Å². The predicted octanol–water partition coefficient (Wildman–Crippen LogP) is 4.29. The van der Waals surface area contributed by atoms with Crippen LogP contribution in [0.4, 0.5) is 0 Å². The van der Waals surface area contributed by atoms with Crippen LogP contribution in [0.2, 0.25) is 0 Å². The molecule has 1 heterocycles. The summed E-state index contributed by atoms with van der Waals surface area (Å²) < 4.78 is 7.20. The van der Waals surface area contributed by atoms with Crippen molar-refractivity contribution in [1.29, 1.82) is 0 Å². The Morgan fingerprint density at radius 3 is 2.79 bits per heavy atom. The molecule has 2 nitrogen and oxygen atoms in total. The van der Waals surface area contributed by atoms with Gasteiger partial charge in [-0.05, 0) is 28.1 Å². The lowest BCUT2D eigenvalue weighted by Crippen LogP contribution is -1.85. The third kappa shape index (κ3) is 1.90. The van der Waals surface area contributed by atoms with Crippen molar-refractivity contribution in [2.45, 2.75) is 6.42 Å². The minimum absolute atomic E-state index is 0.809. The van der Waals surface area contributed by atoms with E-state index >= 15 is 0 Å². The second kappa shape index (κ2) is 4.33. The van der Waals surface area contributed by atoms with Gasteiger partial charge in [-0.2, -0.15) is 0 Å². The summed E-state index contributed by atoms with van der Waals surface area (Å²) in [5.74, 6) is 0. The molecule has 0 aliphatic carbocycles. The molecule has 2 rings (SSSR count). The van der Waals surface area contributed by atoms with Crippen molar-refractivity contribution in [1.82, 2.24) is 5.16 Å². The van der Waals surface area contributed by atoms with Gasteiger partial charge >= 0.3 is 0 Å². The highest BCUT2D eigenvalue weighted by molar-refractivity contribution is 9.11. The van der Waals surface area contributed by atoms with Gasteiger partial charge in [-0.3, -0.25) is 0 Å². The van der Waals surface area contributed by atoms with E-state index in [1.165, 1.54) is 0 Å². The third-order valence-electron chi connectivity index (χ3n) is 1.90. The van der Waals surface area contributed by atoms with Gasteiger partial charge in [0.1, 0.15) is 0 Å². The molecule has 0 saturated carbocycles. The topological polar surface area (TPSA) is 26.0 Å². The van der Waals surface area contributed by atoms with Crippen LogP contribution in [0.15, 0.2) is 25.6 Å². The molecule has 0 aliphatic rings. The minimum atomic E-state index is 0.809. The van der Waals surface area contributed by atoms with Crippen molar-refractivity contribution in [3.05, 3.63) is 26.8 Å². The minimum Gasteiger partial charge on any atom is -0.355 e. The Balaban J connectivity index is 2.66. The summed E-state index contributed by atoms with van der Waals surface area (Å²) in [7, 11) is 0. The zero-order chi connectivity index (χ0) is 10.1. The molecule has 0 unspecified atom stereocenters. The van der Waals surface area contributed by atoms with Gasteiger partial charge in [0.2, 0.25) is 0 Å². The monoisotopic (exact) mass is 381 g/mol. The number of nitrogens with zero attached hydrogens (tertiary/aromatic N) is 1. The second-order valence-corrected chi connectivity index (χ2v) is 5.40. The van der Waals surface area contributed by atoms with Crippen LogP contribution >= 0.6 is 47.8 Å². The molecule has 0 radical (unpaired) electrons. The Hall–Kier alpha value is 0.130. The lowest BCUT2D eigenvalue weighted by atomic mass is 10.2. The Bertz CT molecular complexity index is 466. The van der Waals surface area contributed by atoms with Crippen LogP contribution in [0.1, 0.15) is 5.69 Å². The maximum absolute atomic E-state index is 5.25. The molecule has 0 atom stereocenters. The van der Waals surface area contributed by atoms with Crippen LogP contribution < -0.4 is 0 Å². The number of fused-ring (bicyclic) bond motifs is 1. The van der Waals surface area contributed by atoms with Gasteiger partial charge in [0, 0.05) is 21.6 Å². The Morgan fingerprint density at radius 1 is 1.29 bits per heavy atom. The molecule has 1 aromatic carbocycles. The maximum Gasteiger partial charge on any atom is 0.181 e. The number of benzene rings is 1. The Morgan fingerprint density at radius 2 is 2.07 bits per heavy atom. The van der Waals surface area contributed by atoms with Gasteiger partial charge in [-0.15, -0.1) is 0 Å². The summed E-state index contributed by atoms with van der Waals surface area (Å²) in [5, 5.41) is 5.98. The van der Waals surface area contributed by atoms with Gasteiger partial charge in [-0.1, -0.05) is 37.0 Å². The Kier molecular flexibility index (Phi) is 3.29. The highest BCUT2D eigenvalue weighted by Crippen LogP contribution is 2.30. The summed E-state index contributed by atoms with van der Waals surface area (Å²) in [6.07, 6.45) is 0.871. The van der Waals surface area contributed by atoms with Gasteiger partial charge in [-0.25, -0.2) is 0 Å². The molecular formula is C9H6Br3NO. The van der Waals surface area contributed by atoms with Crippen molar-refractivity contribution in [2.24, 2.45) is 0 Å². The lowest BCUT2D eigenvalue weighted by molar-refractivity contribution is 0.446. The average molecular weight is 384 g/mol. The van der Waals surface area contributed by atoms with E-state index in [0.717, 1.165) is 37.4 Å². The van der Waals surface area contributed by atoms with Crippen molar-refractivity contribution in [3.8, 4) is 0 Å². The summed E-state index contributed by atoms with van der Waals surface area (Å²) in [4.78, 5) is 0. The van der Waals surface area contributed by atoms with Crippen LogP contribution in [0.25, 0.3) is 11.0 Å². The summed E-state index contributed by atoms with van der Waals surface area (Å²) in [6, 6.07) is 3.97. The van der Waals surface area contributed by atoms with Crippen molar-refractivity contribution in [2.75, 3.05) is 5.33 Å². The molecule has 1 aromatic heterocycles. The van der Waals surface area contributed by atoms with Crippen molar-refractivity contribution < 1.29 is 4.52 Å². The first-order chi connectivity index (χ1) is 6.72. The average Bonchev–Trinajstić information content (AvgIpc) is 2.49. The summed E-state index contributed by atoms with van der Waals surface area (Å²) in [6.45, 7) is 0. The lowest BCUT2D eigenvalue weighted by Gasteiger charge is -1.95. The number of hydrogen-bond donors (Lipinski definition) is 0. The number of alkyl halides is 1. The van der Waals surface area contributed by atoms with Crippen LogP contribution in [0.3, 0.4) is 0 Å². The molecule has 14 heavy (non-hydrogen) atoms. The molecular weight excluding hydrogens is 378 g/mol. The van der Waals surface area contributed by atoms with E-state index in [1.807, 2.05) is 12.1 Å². The van der Waals surface area contributed by atoms with E-state index in [0.29, 0.717) is 0 Å². The number of halogens is 3. The zero-order valence-corrected chi connectivity index (χ0v) is 11.8. The van der Waals surface area contributed by atoms with E-state index < -0.39 is 0 Å². The molecule has 2 aromatic rings. The third-order valence-corrected chi connectivity index (χ3v) is 3.34. The van der Waals surface area contributed by atoms with E-state index in [2.05, 4.69) is 52.9 Å². The molecule has 0 amide bonds. The smallest absolute Gasteiger partial charge is 0.181 e. The standard InChI is InChI=1S/C9H6Br3NO/c10-2-1-8-6-3-5(11)4-7(12)9(6)14-13-8/h3-4H,1-2H2. The van der Waals surface area contributed by atoms with E-state index in [-0.39, 0.29) is 0 Å².